The molecule has 2 heterocycles. The highest BCUT2D eigenvalue weighted by Crippen LogP contribution is 2.35. The molecule has 1 aromatic carbocycles. The van der Waals surface area contributed by atoms with Gasteiger partial charge in [-0.1, -0.05) is 26.1 Å². The maximum Gasteiger partial charge on any atom is 0.423 e. The van der Waals surface area contributed by atoms with Crippen LogP contribution in [0.2, 0.25) is 25.7 Å². The topological polar surface area (TPSA) is 76.5 Å². The normalized spacial score (nSPS) is 20.0. The molecule has 220 valence electrons. The zero-order valence-electron chi connectivity index (χ0n) is 22.9. The van der Waals surface area contributed by atoms with Gasteiger partial charge in [0, 0.05) is 39.4 Å². The highest BCUT2D eigenvalue weighted by molar-refractivity contribution is 9.10. The van der Waals surface area contributed by atoms with Crippen molar-refractivity contribution in [2.45, 2.75) is 76.7 Å². The number of anilines is 1. The molecule has 1 aromatic heterocycles. The summed E-state index contributed by atoms with van der Waals surface area (Å²) in [5.41, 5.74) is -1.72. The van der Waals surface area contributed by atoms with Crippen LogP contribution in [0, 0.1) is 11.7 Å². The van der Waals surface area contributed by atoms with Gasteiger partial charge in [0.1, 0.15) is 18.1 Å². The van der Waals surface area contributed by atoms with Gasteiger partial charge >= 0.3 is 6.18 Å². The highest BCUT2D eigenvalue weighted by Gasteiger charge is 2.39. The average molecular weight is 648 g/mol. The number of carbonyl (C=O) groups is 1. The fourth-order valence-electron chi connectivity index (χ4n) is 5.31. The number of aromatic nitrogens is 2. The van der Waals surface area contributed by atoms with Crippen LogP contribution in [0.3, 0.4) is 0 Å². The summed E-state index contributed by atoms with van der Waals surface area (Å²) in [5.74, 6) is -0.675. The number of hydrogen-bond donors (Lipinski definition) is 1. The molecule has 0 radical (unpaired) electrons. The van der Waals surface area contributed by atoms with E-state index in [0.29, 0.717) is 53.7 Å². The first-order valence-electron chi connectivity index (χ1n) is 13.5. The number of fused-ring (bicyclic) bond motifs is 1. The molecular weight excluding hydrogens is 612 g/mol. The molecule has 4 rings (SSSR count). The number of halogens is 5. The summed E-state index contributed by atoms with van der Waals surface area (Å²) < 4.78 is 62.6. The van der Waals surface area contributed by atoms with Gasteiger partial charge in [0.2, 0.25) is 0 Å². The van der Waals surface area contributed by atoms with E-state index in [-0.39, 0.29) is 30.3 Å². The van der Waals surface area contributed by atoms with E-state index in [9.17, 15) is 27.2 Å². The molecular formula is C27H35BrF4N4O3Si. The summed E-state index contributed by atoms with van der Waals surface area (Å²) in [6.45, 7) is 7.42. The second-order valence-corrected chi connectivity index (χ2v) is 18.4. The van der Waals surface area contributed by atoms with Crippen molar-refractivity contribution in [2.24, 2.45) is 5.92 Å². The Hall–Kier alpha value is -2.25. The Morgan fingerprint density at radius 1 is 1.20 bits per heavy atom. The Kier molecular flexibility index (Phi) is 9.45. The lowest BCUT2D eigenvalue weighted by molar-refractivity contribution is -0.138. The molecule has 1 saturated carbocycles. The molecule has 0 spiro atoms. The monoisotopic (exact) mass is 646 g/mol. The van der Waals surface area contributed by atoms with E-state index in [4.69, 9.17) is 4.74 Å². The highest BCUT2D eigenvalue weighted by atomic mass is 79.9. The van der Waals surface area contributed by atoms with Crippen LogP contribution < -0.4 is 10.9 Å². The Morgan fingerprint density at radius 3 is 2.65 bits per heavy atom. The van der Waals surface area contributed by atoms with E-state index in [0.717, 1.165) is 30.6 Å². The van der Waals surface area contributed by atoms with Crippen LogP contribution in [0.15, 0.2) is 27.6 Å². The summed E-state index contributed by atoms with van der Waals surface area (Å²) in [5, 5.41) is 6.88. The van der Waals surface area contributed by atoms with Crippen LogP contribution in [-0.2, 0) is 24.1 Å². The number of alkyl halides is 3. The van der Waals surface area contributed by atoms with E-state index in [1.807, 2.05) is 0 Å². The molecule has 2 aromatic rings. The van der Waals surface area contributed by atoms with Gasteiger partial charge in [-0.25, -0.2) is 9.07 Å². The standard InChI is InChI=1S/C27H35BrF4N4O3Si/c1-40(2,3)10-9-39-16-36-26(38)24(27(30,31)32)23(14-33-36)34-19-6-4-5-17(11-19)15-35-8-7-18-12-21(28)22(29)13-20(18)25(35)37/h12-14,17,19,34H,4-11,15-16H2,1-3H3/t17-,19+/m1/s1. The third-order valence-corrected chi connectivity index (χ3v) is 9.78. The van der Waals surface area contributed by atoms with Gasteiger partial charge in [0.05, 0.1) is 16.4 Å². The summed E-state index contributed by atoms with van der Waals surface area (Å²) in [6.07, 6.45) is -0.462. The molecule has 1 aliphatic heterocycles. The van der Waals surface area contributed by atoms with Gasteiger partial charge in [-0.3, -0.25) is 9.59 Å². The Bertz CT molecular complexity index is 1300. The molecule has 1 aliphatic carbocycles. The maximum atomic E-state index is 14.1. The lowest BCUT2D eigenvalue weighted by atomic mass is 9.84. The van der Waals surface area contributed by atoms with Gasteiger partial charge in [0.25, 0.3) is 11.5 Å². The number of hydrogen-bond acceptors (Lipinski definition) is 5. The second kappa shape index (κ2) is 12.3. The second-order valence-electron chi connectivity index (χ2n) is 11.9. The lowest BCUT2D eigenvalue weighted by Gasteiger charge is -2.36. The van der Waals surface area contributed by atoms with Crippen molar-refractivity contribution in [3.05, 3.63) is 55.7 Å². The average Bonchev–Trinajstić information content (AvgIpc) is 2.85. The fraction of sp³-hybridized carbons (Fsp3) is 0.593. The number of benzene rings is 1. The van der Waals surface area contributed by atoms with Crippen molar-refractivity contribution in [2.75, 3.05) is 25.0 Å². The molecule has 1 fully saturated rings. The lowest BCUT2D eigenvalue weighted by Crippen LogP contribution is -2.42. The molecule has 1 N–H and O–H groups in total. The van der Waals surface area contributed by atoms with E-state index in [1.54, 1.807) is 11.0 Å². The zero-order valence-corrected chi connectivity index (χ0v) is 25.5. The first-order valence-corrected chi connectivity index (χ1v) is 18.0. The molecule has 13 heteroatoms. The van der Waals surface area contributed by atoms with Crippen molar-refractivity contribution < 1.29 is 27.1 Å². The quantitative estimate of drug-likeness (QED) is 0.201. The SMILES string of the molecule is C[Si](C)(C)CCOCn1ncc(N[C@H]2CCC[C@@H](CN3CCc4cc(Br)c(F)cc4C3=O)C2)c(C(F)(F)F)c1=O. The number of rotatable bonds is 9. The van der Waals surface area contributed by atoms with Gasteiger partial charge in [-0.15, -0.1) is 0 Å². The first-order chi connectivity index (χ1) is 18.7. The molecule has 1 amide bonds. The third-order valence-electron chi connectivity index (χ3n) is 7.47. The molecule has 7 nitrogen and oxygen atoms in total. The number of nitrogens with zero attached hydrogens (tertiary/aromatic N) is 3. The van der Waals surface area contributed by atoms with Crippen molar-refractivity contribution in [3.63, 3.8) is 0 Å². The molecule has 0 unspecified atom stereocenters. The predicted octanol–water partition coefficient (Wildman–Crippen LogP) is 6.15. The van der Waals surface area contributed by atoms with E-state index in [2.05, 4.69) is 46.0 Å². The molecule has 40 heavy (non-hydrogen) atoms. The van der Waals surface area contributed by atoms with Crippen molar-refractivity contribution in [3.8, 4) is 0 Å². The first kappa shape index (κ1) is 30.7. The third kappa shape index (κ3) is 7.52. The van der Waals surface area contributed by atoms with Crippen LogP contribution in [0.25, 0.3) is 0 Å². The van der Waals surface area contributed by atoms with Crippen molar-refractivity contribution in [1.82, 2.24) is 14.7 Å². The minimum atomic E-state index is -4.87. The van der Waals surface area contributed by atoms with Crippen LogP contribution in [0.1, 0.15) is 47.2 Å². The fourth-order valence-corrected chi connectivity index (χ4v) is 6.46. The van der Waals surface area contributed by atoms with Crippen molar-refractivity contribution in [1.29, 1.82) is 0 Å². The smallest absolute Gasteiger partial charge is 0.380 e. The molecule has 2 aliphatic rings. The summed E-state index contributed by atoms with van der Waals surface area (Å²) in [7, 11) is -1.39. The van der Waals surface area contributed by atoms with E-state index >= 15 is 0 Å². The number of nitrogens with one attached hydrogen (secondary N) is 1. The summed E-state index contributed by atoms with van der Waals surface area (Å²) in [4.78, 5) is 27.5. The van der Waals surface area contributed by atoms with Crippen LogP contribution >= 0.6 is 15.9 Å². The number of ether oxygens (including phenoxy) is 1. The minimum Gasteiger partial charge on any atom is -0.380 e. The minimum absolute atomic E-state index is 0.0551. The van der Waals surface area contributed by atoms with E-state index < -0.39 is 31.2 Å². The maximum absolute atomic E-state index is 14.1. The largest absolute Gasteiger partial charge is 0.423 e. The van der Waals surface area contributed by atoms with Crippen LogP contribution in [0.5, 0.6) is 0 Å². The van der Waals surface area contributed by atoms with Gasteiger partial charge < -0.3 is 15.0 Å². The summed E-state index contributed by atoms with van der Waals surface area (Å²) in [6, 6.07) is 3.40. The van der Waals surface area contributed by atoms with Crippen LogP contribution in [-0.4, -0.2) is 54.4 Å². The van der Waals surface area contributed by atoms with Gasteiger partial charge in [0.15, 0.2) is 0 Å². The van der Waals surface area contributed by atoms with Gasteiger partial charge in [-0.05, 0) is 71.3 Å². The predicted molar refractivity (Wildman–Crippen MR) is 151 cm³/mol. The Balaban J connectivity index is 1.42. The van der Waals surface area contributed by atoms with Crippen molar-refractivity contribution >= 4 is 35.6 Å². The molecule has 2 atom stereocenters. The number of amides is 1. The zero-order chi connectivity index (χ0) is 29.2. The number of carbonyl (C=O) groups excluding carboxylic acids is 1. The summed E-state index contributed by atoms with van der Waals surface area (Å²) >= 11 is 3.16. The molecule has 0 bridgehead atoms. The van der Waals surface area contributed by atoms with Gasteiger partial charge in [-0.2, -0.15) is 18.3 Å². The Morgan fingerprint density at radius 2 is 1.95 bits per heavy atom. The molecule has 0 saturated heterocycles. The Labute approximate surface area is 240 Å². The van der Waals surface area contributed by atoms with Crippen LogP contribution in [0.4, 0.5) is 23.2 Å². The van der Waals surface area contributed by atoms with E-state index in [1.165, 1.54) is 6.07 Å².